The van der Waals surface area contributed by atoms with Crippen LogP contribution in [0.5, 0.6) is 0 Å². The van der Waals surface area contributed by atoms with Crippen molar-refractivity contribution in [1.82, 2.24) is 36.1 Å². The number of ketones is 1. The van der Waals surface area contributed by atoms with Gasteiger partial charge in [0.15, 0.2) is 5.78 Å². The van der Waals surface area contributed by atoms with Crippen molar-refractivity contribution in [3.63, 3.8) is 0 Å². The van der Waals surface area contributed by atoms with E-state index in [4.69, 9.17) is 10.2 Å². The van der Waals surface area contributed by atoms with Crippen LogP contribution in [0.2, 0.25) is 0 Å². The van der Waals surface area contributed by atoms with E-state index >= 15 is 4.39 Å². The third kappa shape index (κ3) is 20.8. The van der Waals surface area contributed by atoms with Gasteiger partial charge < -0.3 is 56.5 Å². The quantitative estimate of drug-likeness (QED) is 0.0441. The van der Waals surface area contributed by atoms with Crippen LogP contribution in [0.1, 0.15) is 118 Å². The van der Waals surface area contributed by atoms with Crippen LogP contribution in [-0.4, -0.2) is 133 Å². The van der Waals surface area contributed by atoms with Gasteiger partial charge in [-0.1, -0.05) is 78.8 Å². The first kappa shape index (κ1) is 63.7. The zero-order valence-electron chi connectivity index (χ0n) is 44.7. The molecule has 3 rings (SSSR count). The number of nitrogens with one attached hydrogen (secondary N) is 5. The molecule has 1 heterocycles. The number of carbonyl (C=O) groups excluding carboxylic acids is 7. The van der Waals surface area contributed by atoms with Crippen molar-refractivity contribution in [2.75, 3.05) is 26.2 Å². The van der Waals surface area contributed by atoms with Gasteiger partial charge in [-0.3, -0.25) is 43.2 Å². The predicted octanol–water partition coefficient (Wildman–Crippen LogP) is 3.95. The molecule has 0 spiro atoms. The average molecular weight is 1080 g/mol. The topological polar surface area (TPSA) is 320 Å². The number of halogens is 2. The van der Waals surface area contributed by atoms with Gasteiger partial charge in [0.05, 0.1) is 19.0 Å². The summed E-state index contributed by atoms with van der Waals surface area (Å²) in [5, 5.41) is 50.4. The van der Waals surface area contributed by atoms with Crippen molar-refractivity contribution in [2.24, 2.45) is 22.7 Å². The molecular weight excluding hydrogens is 1010 g/mol. The number of hydrogen-bond donors (Lipinski definition) is 9. The summed E-state index contributed by atoms with van der Waals surface area (Å²) in [6.45, 7) is 11.2. The van der Waals surface area contributed by atoms with E-state index in [1.54, 1.807) is 65.3 Å². The third-order valence-electron chi connectivity index (χ3n) is 12.5. The lowest BCUT2D eigenvalue weighted by atomic mass is 9.82. The SMILES string of the molecule is CC(C)[C@H](CC(=O)CNC(=O)CC(C)(C)CC(=O)O)C(=O)N[C@@H](C)C(=O)N[C@@H](CCN(C(=O)CO)[C@@H](c1cc(-c2cc(F)ccc2F)cn1Cc1ccccc1)C(C)(C)C)C(=O)NCCC(=O)N[C@H](CCC(=O)O)C(=O)O. The molecule has 6 amide bonds. The number of carboxylic acid groups (broad SMARTS) is 3. The molecule has 1 aromatic heterocycles. The maximum Gasteiger partial charge on any atom is 0.326 e. The summed E-state index contributed by atoms with van der Waals surface area (Å²) < 4.78 is 31.7. The van der Waals surface area contributed by atoms with Crippen LogP contribution >= 0.6 is 0 Å². The number of benzene rings is 2. The largest absolute Gasteiger partial charge is 0.481 e. The molecule has 0 aliphatic heterocycles. The number of aliphatic carboxylic acids is 3. The minimum Gasteiger partial charge on any atom is -0.481 e. The minimum atomic E-state index is -1.55. The Hall–Kier alpha value is -7.56. The van der Waals surface area contributed by atoms with Gasteiger partial charge in [0.2, 0.25) is 35.4 Å². The predicted molar refractivity (Wildman–Crippen MR) is 276 cm³/mol. The fourth-order valence-corrected chi connectivity index (χ4v) is 8.65. The number of aliphatic hydroxyl groups is 1. The van der Waals surface area contributed by atoms with Crippen molar-refractivity contribution in [2.45, 2.75) is 131 Å². The highest BCUT2D eigenvalue weighted by Crippen LogP contribution is 2.41. The van der Waals surface area contributed by atoms with Crippen LogP contribution in [0.3, 0.4) is 0 Å². The molecule has 0 aliphatic rings. The number of amides is 6. The molecular formula is C54H73F2N7O14. The summed E-state index contributed by atoms with van der Waals surface area (Å²) in [7, 11) is 0. The van der Waals surface area contributed by atoms with E-state index in [-0.39, 0.29) is 49.9 Å². The number of rotatable bonds is 31. The highest BCUT2D eigenvalue weighted by molar-refractivity contribution is 5.94. The molecule has 21 nitrogen and oxygen atoms in total. The van der Waals surface area contributed by atoms with E-state index in [9.17, 15) is 62.5 Å². The molecule has 0 unspecified atom stereocenters. The lowest BCUT2D eigenvalue weighted by Gasteiger charge is -2.41. The summed E-state index contributed by atoms with van der Waals surface area (Å²) in [6.07, 6.45) is -1.05. The van der Waals surface area contributed by atoms with Crippen molar-refractivity contribution < 1.29 is 77.2 Å². The van der Waals surface area contributed by atoms with Gasteiger partial charge in [-0.2, -0.15) is 0 Å². The molecule has 77 heavy (non-hydrogen) atoms. The monoisotopic (exact) mass is 1080 g/mol. The van der Waals surface area contributed by atoms with Crippen LogP contribution in [0.25, 0.3) is 11.1 Å². The summed E-state index contributed by atoms with van der Waals surface area (Å²) in [5.41, 5.74) is -0.348. The third-order valence-corrected chi connectivity index (χ3v) is 12.5. The van der Waals surface area contributed by atoms with E-state index in [1.807, 2.05) is 30.3 Å². The Labute approximate surface area is 445 Å². The number of nitrogens with zero attached hydrogens (tertiary/aromatic N) is 2. The van der Waals surface area contributed by atoms with Gasteiger partial charge in [-0.15, -0.1) is 0 Å². The Bertz CT molecular complexity index is 2600. The first-order valence-corrected chi connectivity index (χ1v) is 25.1. The van der Waals surface area contributed by atoms with E-state index in [0.29, 0.717) is 5.69 Å². The molecule has 0 saturated heterocycles. The Kier molecular flexibility index (Phi) is 24.1. The summed E-state index contributed by atoms with van der Waals surface area (Å²) in [6, 6.07) is 8.31. The maximum absolute atomic E-state index is 15.4. The van der Waals surface area contributed by atoms with Crippen LogP contribution in [-0.2, 0) is 54.5 Å². The van der Waals surface area contributed by atoms with Crippen molar-refractivity contribution in [1.29, 1.82) is 0 Å². The van der Waals surface area contributed by atoms with Gasteiger partial charge in [0.25, 0.3) is 0 Å². The van der Waals surface area contributed by atoms with E-state index in [2.05, 4.69) is 26.6 Å². The standard InChI is InChI=1S/C54H73F2N7O14/c1-31(2)37(24-36(65)27-58-44(67)25-54(7,8)26-47(71)72)50(74)59-32(3)49(73)61-40(51(75)57-20-18-43(66)60-41(52(76)77)16-17-46(69)70)19-21-63(45(68)30-64)48(53(4,5)6)42-22-34(38-23-35(55)14-15-39(38)56)29-62(42)28-33-12-10-9-11-13-33/h9-15,22-23,29,31-32,37,40-41,48,64H,16-21,24-28,30H2,1-8H3,(H,57,75)(H,58,67)(H,59,74)(H,60,66)(H,61,73)(H,69,70)(H,71,72)(H,76,77)/t32-,37-,40-,41+,48-/m0/s1. The van der Waals surface area contributed by atoms with Crippen molar-refractivity contribution in [3.05, 3.63) is 83.7 Å². The number of aromatic nitrogens is 1. The van der Waals surface area contributed by atoms with Crippen LogP contribution in [0.4, 0.5) is 8.78 Å². The Morgan fingerprint density at radius 1 is 0.714 bits per heavy atom. The Balaban J connectivity index is 1.97. The zero-order chi connectivity index (χ0) is 57.9. The summed E-state index contributed by atoms with van der Waals surface area (Å²) in [4.78, 5) is 129. The number of carbonyl (C=O) groups is 10. The second kappa shape index (κ2) is 29.1. The van der Waals surface area contributed by atoms with Crippen LogP contribution in [0, 0.1) is 34.3 Å². The molecule has 0 fully saturated rings. The normalized spacial score (nSPS) is 13.5. The highest BCUT2D eigenvalue weighted by Gasteiger charge is 2.39. The van der Waals surface area contributed by atoms with Gasteiger partial charge in [-0.05, 0) is 66.3 Å². The van der Waals surface area contributed by atoms with Gasteiger partial charge >= 0.3 is 17.9 Å². The van der Waals surface area contributed by atoms with E-state index in [0.717, 1.165) is 23.8 Å². The minimum absolute atomic E-state index is 0.0652. The Morgan fingerprint density at radius 2 is 1.38 bits per heavy atom. The molecule has 23 heteroatoms. The van der Waals surface area contributed by atoms with Crippen molar-refractivity contribution >= 4 is 59.1 Å². The average Bonchev–Trinajstić information content (AvgIpc) is 3.73. The Morgan fingerprint density at radius 3 is 1.96 bits per heavy atom. The fourth-order valence-electron chi connectivity index (χ4n) is 8.65. The first-order valence-electron chi connectivity index (χ1n) is 25.1. The van der Waals surface area contributed by atoms with E-state index in [1.165, 1.54) is 11.8 Å². The molecule has 9 N–H and O–H groups in total. The number of Topliss-reactive ketones (excluding diaryl/α,β-unsaturated/α-hetero) is 1. The van der Waals surface area contributed by atoms with Crippen LogP contribution < -0.4 is 26.6 Å². The molecule has 0 aliphatic carbocycles. The van der Waals surface area contributed by atoms with Crippen LogP contribution in [0.15, 0.2) is 60.8 Å². The first-order chi connectivity index (χ1) is 35.9. The number of carboxylic acids is 3. The molecule has 3 aromatic rings. The molecule has 0 radical (unpaired) electrons. The van der Waals surface area contributed by atoms with Gasteiger partial charge in [-0.25, -0.2) is 13.6 Å². The fraction of sp³-hybridized carbons (Fsp3) is 0.519. The second-order valence-corrected chi connectivity index (χ2v) is 21.2. The molecule has 0 bridgehead atoms. The smallest absolute Gasteiger partial charge is 0.326 e. The zero-order valence-corrected chi connectivity index (χ0v) is 44.7. The lowest BCUT2D eigenvalue weighted by molar-refractivity contribution is -0.143. The lowest BCUT2D eigenvalue weighted by Crippen LogP contribution is -2.55. The maximum atomic E-state index is 15.4. The highest BCUT2D eigenvalue weighted by atomic mass is 19.1. The molecule has 0 saturated carbocycles. The summed E-state index contributed by atoms with van der Waals surface area (Å²) >= 11 is 0. The molecule has 422 valence electrons. The molecule has 2 aromatic carbocycles. The molecule has 5 atom stereocenters. The number of hydrogen-bond acceptors (Lipinski definition) is 11. The van der Waals surface area contributed by atoms with Crippen molar-refractivity contribution in [3.8, 4) is 11.1 Å². The second-order valence-electron chi connectivity index (χ2n) is 21.2. The van der Waals surface area contributed by atoms with E-state index < -0.39 is 157 Å². The summed E-state index contributed by atoms with van der Waals surface area (Å²) in [5.74, 6) is -12.0. The van der Waals surface area contributed by atoms with Gasteiger partial charge in [0.1, 0.15) is 36.4 Å². The number of aliphatic hydroxyl groups excluding tert-OH is 1. The van der Waals surface area contributed by atoms with Gasteiger partial charge in [0, 0.05) is 74.3 Å².